The highest BCUT2D eigenvalue weighted by molar-refractivity contribution is 8.39. The lowest BCUT2D eigenvalue weighted by molar-refractivity contribution is 0.315. The summed E-state index contributed by atoms with van der Waals surface area (Å²) >= 11 is 0. The Balaban J connectivity index is 2.60. The van der Waals surface area contributed by atoms with Crippen LogP contribution in [-0.2, 0) is 0 Å². The number of unbranched alkanes of at least 4 members (excludes halogenated alkanes) is 2. The molecule has 0 amide bonds. The van der Waals surface area contributed by atoms with Gasteiger partial charge in [0.25, 0.3) is 0 Å². The van der Waals surface area contributed by atoms with E-state index in [9.17, 15) is 5.11 Å². The molecule has 0 bridgehead atoms. The molecule has 0 aliphatic carbocycles. The Morgan fingerprint density at radius 1 is 1.36 bits per heavy atom. The van der Waals surface area contributed by atoms with Crippen molar-refractivity contribution in [2.45, 2.75) is 31.6 Å². The van der Waals surface area contributed by atoms with Gasteiger partial charge in [-0.05, 0) is 23.0 Å². The van der Waals surface area contributed by atoms with Gasteiger partial charge in [-0.25, -0.2) is 0 Å². The quantitative estimate of drug-likeness (QED) is 0.546. The molecule has 0 fully saturated rings. The first-order valence-electron chi connectivity index (χ1n) is 5.04. The normalized spacial score (nSPS) is 21.8. The van der Waals surface area contributed by atoms with E-state index in [2.05, 4.69) is 23.7 Å². The second-order valence-electron chi connectivity index (χ2n) is 3.50. The van der Waals surface area contributed by atoms with Gasteiger partial charge in [-0.2, -0.15) is 10.0 Å². The fraction of sp³-hybridized carbons (Fsp3) is 0.500. The van der Waals surface area contributed by atoms with Crippen LogP contribution in [0.5, 0.6) is 0 Å². The third-order valence-corrected chi connectivity index (χ3v) is 5.73. The molecule has 1 N–H and O–H groups in total. The molecule has 1 unspecified atom stereocenters. The van der Waals surface area contributed by atoms with Gasteiger partial charge in [0.1, 0.15) is 0 Å². The van der Waals surface area contributed by atoms with Crippen LogP contribution >= 0.6 is 10.0 Å². The molecule has 1 nitrogen and oxygen atoms in total. The number of rotatable bonds is 5. The maximum Gasteiger partial charge on any atom is 0.152 e. The Bertz CT molecular complexity index is 261. The van der Waals surface area contributed by atoms with Crippen LogP contribution in [-0.4, -0.2) is 16.3 Å². The number of terminal acetylenes is 1. The Hall–Kier alpha value is -0.650. The fourth-order valence-electron chi connectivity index (χ4n) is 1.55. The average molecular weight is 210 g/mol. The molecule has 78 valence electrons. The predicted octanol–water partition coefficient (Wildman–Crippen LogP) is 2.97. The maximum absolute atomic E-state index is 9.81. The van der Waals surface area contributed by atoms with E-state index in [0.717, 1.165) is 12.2 Å². The first kappa shape index (κ1) is 11.4. The second kappa shape index (κ2) is 5.29. The van der Waals surface area contributed by atoms with E-state index in [1.54, 1.807) is 0 Å². The van der Waals surface area contributed by atoms with Crippen LogP contribution in [0.4, 0.5) is 0 Å². The highest BCUT2D eigenvalue weighted by Gasteiger charge is 2.26. The van der Waals surface area contributed by atoms with Crippen molar-refractivity contribution in [3.8, 4) is 12.3 Å². The maximum atomic E-state index is 9.81. The van der Waals surface area contributed by atoms with E-state index in [1.165, 1.54) is 12.8 Å². The van der Waals surface area contributed by atoms with Crippen LogP contribution in [0.1, 0.15) is 26.2 Å². The largest absolute Gasteiger partial charge is 0.372 e. The highest BCUT2D eigenvalue weighted by atomic mass is 32.3. The summed E-state index contributed by atoms with van der Waals surface area (Å²) in [6.07, 6.45) is 12.9. The van der Waals surface area contributed by atoms with Gasteiger partial charge in [-0.1, -0.05) is 37.8 Å². The summed E-state index contributed by atoms with van der Waals surface area (Å²) in [5.41, 5.74) is -0.602. The summed E-state index contributed by atoms with van der Waals surface area (Å²) in [4.78, 5) is 0. The van der Waals surface area contributed by atoms with E-state index in [4.69, 9.17) is 6.42 Å². The van der Waals surface area contributed by atoms with Crippen molar-refractivity contribution in [2.75, 3.05) is 5.75 Å². The average Bonchev–Trinajstić information content (AvgIpc) is 2.67. The highest BCUT2D eigenvalue weighted by Crippen LogP contribution is 2.57. The van der Waals surface area contributed by atoms with Gasteiger partial charge in [0.2, 0.25) is 0 Å². The van der Waals surface area contributed by atoms with Crippen molar-refractivity contribution in [3.05, 3.63) is 23.0 Å². The zero-order valence-corrected chi connectivity index (χ0v) is 9.46. The van der Waals surface area contributed by atoms with E-state index in [0.29, 0.717) is 0 Å². The molecule has 1 aliphatic rings. The Kier molecular flexibility index (Phi) is 4.31. The van der Waals surface area contributed by atoms with Crippen LogP contribution in [0.15, 0.2) is 23.0 Å². The van der Waals surface area contributed by atoms with Crippen LogP contribution < -0.4 is 0 Å². The second-order valence-corrected chi connectivity index (χ2v) is 6.71. The van der Waals surface area contributed by atoms with Gasteiger partial charge < -0.3 is 5.11 Å². The van der Waals surface area contributed by atoms with Crippen molar-refractivity contribution in [2.24, 2.45) is 0 Å². The van der Waals surface area contributed by atoms with Gasteiger partial charge in [0, 0.05) is 0 Å². The Morgan fingerprint density at radius 3 is 2.50 bits per heavy atom. The summed E-state index contributed by atoms with van der Waals surface area (Å²) in [5.74, 6) is 3.49. The first-order chi connectivity index (χ1) is 6.75. The van der Waals surface area contributed by atoms with Crippen LogP contribution in [0, 0.1) is 12.3 Å². The molecule has 0 radical (unpaired) electrons. The van der Waals surface area contributed by atoms with Crippen molar-refractivity contribution in [1.82, 2.24) is 0 Å². The van der Waals surface area contributed by atoms with Gasteiger partial charge in [0.15, 0.2) is 5.44 Å². The minimum absolute atomic E-state index is 0.602. The van der Waals surface area contributed by atoms with Gasteiger partial charge in [-0.3, -0.25) is 0 Å². The summed E-state index contributed by atoms with van der Waals surface area (Å²) < 4.78 is 0. The van der Waals surface area contributed by atoms with Gasteiger partial charge >= 0.3 is 0 Å². The molecule has 0 spiro atoms. The zero-order chi connectivity index (χ0) is 10.4. The fourth-order valence-corrected chi connectivity index (χ4v) is 4.16. The van der Waals surface area contributed by atoms with Gasteiger partial charge in [0.05, 0.1) is 0 Å². The van der Waals surface area contributed by atoms with Crippen molar-refractivity contribution in [1.29, 1.82) is 0 Å². The molecule has 0 saturated heterocycles. The van der Waals surface area contributed by atoms with Crippen LogP contribution in [0.3, 0.4) is 0 Å². The molecule has 0 aromatic rings. The number of aliphatic hydroxyl groups is 1. The van der Waals surface area contributed by atoms with E-state index in [1.807, 2.05) is 12.2 Å². The molecule has 1 heterocycles. The molecule has 2 heteroatoms. The molecule has 1 aliphatic heterocycles. The molecule has 14 heavy (non-hydrogen) atoms. The van der Waals surface area contributed by atoms with E-state index < -0.39 is 15.5 Å². The molecular formula is C12H18OS. The first-order valence-corrected chi connectivity index (χ1v) is 7.03. The van der Waals surface area contributed by atoms with E-state index >= 15 is 0 Å². The molecule has 0 aromatic heterocycles. The number of hydrogen-bond acceptors (Lipinski definition) is 1. The lowest BCUT2D eigenvalue weighted by Gasteiger charge is -2.33. The van der Waals surface area contributed by atoms with Crippen molar-refractivity contribution < 1.29 is 5.11 Å². The van der Waals surface area contributed by atoms with Crippen LogP contribution in [0.2, 0.25) is 0 Å². The minimum atomic E-state index is -1.20. The summed E-state index contributed by atoms with van der Waals surface area (Å²) in [7, 11) is -1.20. The lowest BCUT2D eigenvalue weighted by Crippen LogP contribution is -2.14. The number of allylic oxidation sites excluding steroid dienone is 2. The zero-order valence-electron chi connectivity index (χ0n) is 8.65. The number of aliphatic hydroxyl groups excluding tert-OH is 1. The number of hydrogen-bond donors (Lipinski definition) is 1. The molecule has 0 saturated carbocycles. The molecule has 1 rings (SSSR count). The summed E-state index contributed by atoms with van der Waals surface area (Å²) in [5, 5.41) is 14.0. The Labute approximate surface area is 88.2 Å². The molecule has 1 atom stereocenters. The van der Waals surface area contributed by atoms with Crippen molar-refractivity contribution in [3.63, 3.8) is 0 Å². The van der Waals surface area contributed by atoms with Gasteiger partial charge in [-0.15, -0.1) is 6.42 Å². The SMILES string of the molecule is C#CC(O)S1(CCCCC)C=CC=C1. The smallest absolute Gasteiger partial charge is 0.152 e. The van der Waals surface area contributed by atoms with Crippen LogP contribution in [0.25, 0.3) is 0 Å². The molecule has 0 aromatic carbocycles. The monoisotopic (exact) mass is 210 g/mol. The Morgan fingerprint density at radius 2 is 2.00 bits per heavy atom. The third kappa shape index (κ3) is 2.43. The summed E-state index contributed by atoms with van der Waals surface area (Å²) in [6, 6.07) is 0. The standard InChI is InChI=1S/C12H18OS/c1-3-5-6-9-14(12(13)4-2)10-7-8-11-14/h2,7-8,10-13H,3,5-6,9H2,1H3. The summed E-state index contributed by atoms with van der Waals surface area (Å²) in [6.45, 7) is 2.18. The van der Waals surface area contributed by atoms with Crippen molar-refractivity contribution >= 4 is 10.0 Å². The minimum Gasteiger partial charge on any atom is -0.372 e. The lowest BCUT2D eigenvalue weighted by atomic mass is 10.3. The topological polar surface area (TPSA) is 20.2 Å². The molecular weight excluding hydrogens is 192 g/mol. The predicted molar refractivity (Wildman–Crippen MR) is 65.1 cm³/mol. The third-order valence-electron chi connectivity index (χ3n) is 2.43. The van der Waals surface area contributed by atoms with E-state index in [-0.39, 0.29) is 0 Å².